The highest BCUT2D eigenvalue weighted by Crippen LogP contribution is 2.27. The van der Waals surface area contributed by atoms with Crippen LogP contribution in [-0.4, -0.2) is 4.98 Å². The van der Waals surface area contributed by atoms with E-state index < -0.39 is 0 Å². The molecule has 0 aliphatic rings. The summed E-state index contributed by atoms with van der Waals surface area (Å²) in [7, 11) is 0. The lowest BCUT2D eigenvalue weighted by Crippen LogP contribution is -1.93. The van der Waals surface area contributed by atoms with Gasteiger partial charge in [-0.15, -0.1) is 0 Å². The van der Waals surface area contributed by atoms with E-state index in [1.54, 1.807) is 0 Å². The molecule has 0 aliphatic carbocycles. The molecular weight excluding hydrogens is 290 g/mol. The van der Waals surface area contributed by atoms with Crippen molar-refractivity contribution in [3.05, 3.63) is 52.7 Å². The molecule has 2 rings (SSSR count). The molecular formula is C15H16BrNO. The van der Waals surface area contributed by atoms with E-state index in [2.05, 4.69) is 47.8 Å². The fourth-order valence-electron chi connectivity index (χ4n) is 1.77. The van der Waals surface area contributed by atoms with E-state index in [-0.39, 0.29) is 0 Å². The minimum absolute atomic E-state index is 0.632. The van der Waals surface area contributed by atoms with Crippen molar-refractivity contribution in [3.63, 3.8) is 0 Å². The van der Waals surface area contributed by atoms with Gasteiger partial charge in [-0.25, -0.2) is 4.98 Å². The lowest BCUT2D eigenvalue weighted by molar-refractivity contribution is 0.458. The number of pyridine rings is 1. The summed E-state index contributed by atoms with van der Waals surface area (Å²) in [5.74, 6) is 1.51. The van der Waals surface area contributed by atoms with Gasteiger partial charge in [0, 0.05) is 17.6 Å². The summed E-state index contributed by atoms with van der Waals surface area (Å²) in [5.41, 5.74) is 4.73. The molecule has 0 N–H and O–H groups in total. The maximum Gasteiger partial charge on any atom is 0.219 e. The van der Waals surface area contributed by atoms with Crippen LogP contribution in [-0.2, 0) is 5.33 Å². The first kappa shape index (κ1) is 13.1. The van der Waals surface area contributed by atoms with Crippen molar-refractivity contribution >= 4 is 15.9 Å². The van der Waals surface area contributed by atoms with Crippen LogP contribution >= 0.6 is 15.9 Å². The number of hydrogen-bond donors (Lipinski definition) is 0. The van der Waals surface area contributed by atoms with Crippen molar-refractivity contribution in [2.45, 2.75) is 26.1 Å². The summed E-state index contributed by atoms with van der Waals surface area (Å²) in [6.45, 7) is 6.23. The second-order valence-electron chi connectivity index (χ2n) is 4.45. The summed E-state index contributed by atoms with van der Waals surface area (Å²) in [6, 6.07) is 8.11. The minimum atomic E-state index is 0.632. The third-order valence-electron chi connectivity index (χ3n) is 2.93. The Bertz CT molecular complexity index is 549. The zero-order valence-electron chi connectivity index (χ0n) is 10.8. The number of benzene rings is 1. The van der Waals surface area contributed by atoms with E-state index in [0.717, 1.165) is 22.2 Å². The van der Waals surface area contributed by atoms with Crippen molar-refractivity contribution in [3.8, 4) is 11.6 Å². The van der Waals surface area contributed by atoms with Crippen LogP contribution in [0.4, 0.5) is 0 Å². The number of nitrogens with zero attached hydrogens (tertiary/aromatic N) is 1. The third-order valence-corrected chi connectivity index (χ3v) is 3.58. The van der Waals surface area contributed by atoms with Crippen molar-refractivity contribution in [1.29, 1.82) is 0 Å². The van der Waals surface area contributed by atoms with Crippen LogP contribution in [0.3, 0.4) is 0 Å². The van der Waals surface area contributed by atoms with Crippen LogP contribution in [0.25, 0.3) is 0 Å². The van der Waals surface area contributed by atoms with Gasteiger partial charge >= 0.3 is 0 Å². The Morgan fingerprint density at radius 3 is 2.56 bits per heavy atom. The van der Waals surface area contributed by atoms with Crippen LogP contribution in [0.2, 0.25) is 0 Å². The van der Waals surface area contributed by atoms with Gasteiger partial charge in [0.1, 0.15) is 5.75 Å². The Kier molecular flexibility index (Phi) is 4.02. The molecule has 1 heterocycles. The maximum absolute atomic E-state index is 5.84. The molecule has 94 valence electrons. The van der Waals surface area contributed by atoms with Crippen LogP contribution in [0.5, 0.6) is 11.6 Å². The van der Waals surface area contributed by atoms with E-state index in [9.17, 15) is 0 Å². The molecule has 0 unspecified atom stereocenters. The predicted octanol–water partition coefficient (Wildman–Crippen LogP) is 4.69. The molecule has 3 heteroatoms. The Morgan fingerprint density at radius 1 is 1.17 bits per heavy atom. The van der Waals surface area contributed by atoms with Gasteiger partial charge in [-0.2, -0.15) is 0 Å². The predicted molar refractivity (Wildman–Crippen MR) is 77.6 cm³/mol. The topological polar surface area (TPSA) is 22.1 Å². The standard InChI is InChI=1S/C15H16BrNO/c1-10-6-11(2)12(3)14(7-10)18-15-5-4-13(8-16)9-17-15/h4-7,9H,8H2,1-3H3. The molecule has 2 nitrogen and oxygen atoms in total. The molecule has 18 heavy (non-hydrogen) atoms. The monoisotopic (exact) mass is 305 g/mol. The van der Waals surface area contributed by atoms with Crippen LogP contribution in [0, 0.1) is 20.8 Å². The van der Waals surface area contributed by atoms with Gasteiger partial charge < -0.3 is 4.74 Å². The molecule has 1 aromatic carbocycles. The molecule has 1 aromatic heterocycles. The SMILES string of the molecule is Cc1cc(C)c(C)c(Oc2ccc(CBr)cn2)c1. The largest absolute Gasteiger partial charge is 0.439 e. The van der Waals surface area contributed by atoms with Crippen molar-refractivity contribution in [2.75, 3.05) is 0 Å². The summed E-state index contributed by atoms with van der Waals surface area (Å²) >= 11 is 3.40. The molecule has 2 aromatic rings. The fourth-order valence-corrected chi connectivity index (χ4v) is 2.10. The van der Waals surface area contributed by atoms with Crippen LogP contribution in [0.1, 0.15) is 22.3 Å². The van der Waals surface area contributed by atoms with Gasteiger partial charge in [0.25, 0.3) is 0 Å². The van der Waals surface area contributed by atoms with Gasteiger partial charge in [0.05, 0.1) is 0 Å². The molecule has 0 radical (unpaired) electrons. The Balaban J connectivity index is 2.27. The number of hydrogen-bond acceptors (Lipinski definition) is 2. The number of rotatable bonds is 3. The second kappa shape index (κ2) is 5.53. The summed E-state index contributed by atoms with van der Waals surface area (Å²) in [5, 5.41) is 0.808. The summed E-state index contributed by atoms with van der Waals surface area (Å²) in [6.07, 6.45) is 1.82. The van der Waals surface area contributed by atoms with Gasteiger partial charge in [-0.1, -0.05) is 28.1 Å². The van der Waals surface area contributed by atoms with Crippen molar-refractivity contribution < 1.29 is 4.74 Å². The average Bonchev–Trinajstić information content (AvgIpc) is 2.36. The first-order valence-corrected chi connectivity index (χ1v) is 6.99. The van der Waals surface area contributed by atoms with E-state index in [1.165, 1.54) is 11.1 Å². The van der Waals surface area contributed by atoms with Crippen LogP contribution < -0.4 is 4.74 Å². The molecule has 0 saturated carbocycles. The summed E-state index contributed by atoms with van der Waals surface area (Å²) in [4.78, 5) is 4.29. The van der Waals surface area contributed by atoms with Crippen molar-refractivity contribution in [1.82, 2.24) is 4.98 Å². The molecule has 0 bridgehead atoms. The number of alkyl halides is 1. The molecule has 0 fully saturated rings. The zero-order valence-corrected chi connectivity index (χ0v) is 12.4. The first-order chi connectivity index (χ1) is 8.60. The normalized spacial score (nSPS) is 10.4. The lowest BCUT2D eigenvalue weighted by Gasteiger charge is -2.11. The number of aromatic nitrogens is 1. The quantitative estimate of drug-likeness (QED) is 0.767. The maximum atomic E-state index is 5.84. The molecule has 0 spiro atoms. The Hall–Kier alpha value is -1.35. The van der Waals surface area contributed by atoms with Gasteiger partial charge in [0.15, 0.2) is 0 Å². The smallest absolute Gasteiger partial charge is 0.219 e. The third kappa shape index (κ3) is 2.91. The van der Waals surface area contributed by atoms with Gasteiger partial charge in [0.2, 0.25) is 5.88 Å². The van der Waals surface area contributed by atoms with Crippen LogP contribution in [0.15, 0.2) is 30.5 Å². The van der Waals surface area contributed by atoms with Crippen molar-refractivity contribution in [2.24, 2.45) is 0 Å². The zero-order chi connectivity index (χ0) is 13.1. The minimum Gasteiger partial charge on any atom is -0.439 e. The van der Waals surface area contributed by atoms with Gasteiger partial charge in [-0.3, -0.25) is 0 Å². The average molecular weight is 306 g/mol. The second-order valence-corrected chi connectivity index (χ2v) is 5.01. The van der Waals surface area contributed by atoms with E-state index in [4.69, 9.17) is 4.74 Å². The first-order valence-electron chi connectivity index (χ1n) is 5.86. The Morgan fingerprint density at radius 2 is 1.94 bits per heavy atom. The highest BCUT2D eigenvalue weighted by molar-refractivity contribution is 9.08. The number of halogens is 1. The Labute approximate surface area is 116 Å². The fraction of sp³-hybridized carbons (Fsp3) is 0.267. The highest BCUT2D eigenvalue weighted by atomic mass is 79.9. The van der Waals surface area contributed by atoms with E-state index >= 15 is 0 Å². The number of ether oxygens (including phenoxy) is 1. The van der Waals surface area contributed by atoms with Gasteiger partial charge in [-0.05, 0) is 49.1 Å². The molecule has 0 aliphatic heterocycles. The van der Waals surface area contributed by atoms with E-state index in [1.807, 2.05) is 24.4 Å². The lowest BCUT2D eigenvalue weighted by atomic mass is 10.1. The molecule has 0 atom stereocenters. The summed E-state index contributed by atoms with van der Waals surface area (Å²) < 4.78 is 5.84. The van der Waals surface area contributed by atoms with E-state index in [0.29, 0.717) is 5.88 Å². The number of aryl methyl sites for hydroxylation is 2. The molecule has 0 amide bonds. The highest BCUT2D eigenvalue weighted by Gasteiger charge is 2.06. The molecule has 0 saturated heterocycles.